The van der Waals surface area contributed by atoms with E-state index < -0.39 is 11.5 Å². The fourth-order valence-corrected chi connectivity index (χ4v) is 4.38. The Morgan fingerprint density at radius 2 is 1.91 bits per heavy atom. The molecule has 1 amide bonds. The third-order valence-corrected chi connectivity index (χ3v) is 6.01. The number of nitrogens with two attached hydrogens (primary N) is 2. The number of carbonyl (C=O) groups excluding carboxylic acids is 1. The van der Waals surface area contributed by atoms with Crippen LogP contribution in [0, 0.1) is 5.82 Å². The number of hydrogen-bond donors (Lipinski definition) is 3. The van der Waals surface area contributed by atoms with E-state index in [2.05, 4.69) is 10.1 Å². The van der Waals surface area contributed by atoms with Crippen molar-refractivity contribution in [2.75, 3.05) is 5.73 Å². The number of halogens is 1. The lowest BCUT2D eigenvalue weighted by atomic mass is 9.77. The number of carbonyl (C=O) groups is 1. The molecule has 4 aromatic rings. The van der Waals surface area contributed by atoms with Crippen molar-refractivity contribution in [1.82, 2.24) is 14.8 Å². The van der Waals surface area contributed by atoms with Crippen molar-refractivity contribution in [3.05, 3.63) is 66.0 Å². The third-order valence-electron chi connectivity index (χ3n) is 6.01. The Kier molecular flexibility index (Phi) is 4.49. The molecule has 1 fully saturated rings. The van der Waals surface area contributed by atoms with Gasteiger partial charge in [0.25, 0.3) is 5.91 Å². The Morgan fingerprint density at radius 3 is 2.59 bits per heavy atom. The lowest BCUT2D eigenvalue weighted by Crippen LogP contribution is -2.42. The fraction of sp³-hybridized carbons (Fsp3) is 0.208. The van der Waals surface area contributed by atoms with Gasteiger partial charge in [-0.2, -0.15) is 5.10 Å². The van der Waals surface area contributed by atoms with Gasteiger partial charge in [-0.25, -0.2) is 14.1 Å². The molecule has 2 aromatic heterocycles. The number of rotatable bonds is 4. The maximum atomic E-state index is 14.2. The van der Waals surface area contributed by atoms with E-state index in [1.807, 2.05) is 18.2 Å². The van der Waals surface area contributed by atoms with Gasteiger partial charge in [-0.1, -0.05) is 30.3 Å². The molecule has 0 radical (unpaired) electrons. The second-order valence-corrected chi connectivity index (χ2v) is 8.56. The van der Waals surface area contributed by atoms with Crippen LogP contribution in [0.3, 0.4) is 0 Å². The molecule has 0 atom stereocenters. The number of pyridine rings is 1. The lowest BCUT2D eigenvalue weighted by molar-refractivity contribution is -0.0535. The number of primary amides is 1. The van der Waals surface area contributed by atoms with Crippen LogP contribution in [0.2, 0.25) is 0 Å². The SMILES string of the molecule is C[C@]1(O)C[C@H](n2nc(-c3ccc4ccc(-c5ccccc5F)nc4c3)c(C(N)=O)c2N)C1. The van der Waals surface area contributed by atoms with Gasteiger partial charge in [-0.3, -0.25) is 4.79 Å². The molecule has 2 aromatic carbocycles. The first kappa shape index (κ1) is 20.1. The molecule has 2 heterocycles. The average Bonchev–Trinajstić information content (AvgIpc) is 3.08. The van der Waals surface area contributed by atoms with Crippen LogP contribution in [-0.4, -0.2) is 31.4 Å². The molecular formula is C24H22FN5O2. The van der Waals surface area contributed by atoms with E-state index in [1.165, 1.54) is 6.07 Å². The number of aliphatic hydroxyl groups is 1. The zero-order chi connectivity index (χ0) is 22.6. The number of nitrogen functional groups attached to an aromatic ring is 1. The largest absolute Gasteiger partial charge is 0.390 e. The fourth-order valence-electron chi connectivity index (χ4n) is 4.38. The van der Waals surface area contributed by atoms with Gasteiger partial charge >= 0.3 is 0 Å². The number of benzene rings is 2. The second kappa shape index (κ2) is 7.13. The predicted octanol–water partition coefficient (Wildman–Crippen LogP) is 3.67. The second-order valence-electron chi connectivity index (χ2n) is 8.56. The normalized spacial score (nSPS) is 20.3. The van der Waals surface area contributed by atoms with E-state index in [0.717, 1.165) is 5.39 Å². The van der Waals surface area contributed by atoms with E-state index in [4.69, 9.17) is 11.5 Å². The maximum Gasteiger partial charge on any atom is 0.254 e. The highest BCUT2D eigenvalue weighted by molar-refractivity contribution is 6.04. The standard InChI is InChI=1S/C24H22FN5O2/c1-24(32)11-15(12-24)30-22(26)20(23(27)31)21(29-30)14-7-6-13-8-9-18(28-19(13)10-14)16-4-2-3-5-17(16)25/h2-10,15,32H,11-12,26H2,1H3,(H2,27,31)/t15-,24-. The molecule has 8 heteroatoms. The Hall–Kier alpha value is -3.78. The molecule has 1 aliphatic rings. The minimum absolute atomic E-state index is 0.108. The third kappa shape index (κ3) is 3.29. The average molecular weight is 431 g/mol. The van der Waals surface area contributed by atoms with E-state index >= 15 is 0 Å². The van der Waals surface area contributed by atoms with E-state index in [1.54, 1.807) is 41.9 Å². The summed E-state index contributed by atoms with van der Waals surface area (Å²) < 4.78 is 15.8. The van der Waals surface area contributed by atoms with Crippen LogP contribution in [0.25, 0.3) is 33.4 Å². The van der Waals surface area contributed by atoms with Crippen molar-refractivity contribution >= 4 is 22.6 Å². The van der Waals surface area contributed by atoms with Crippen molar-refractivity contribution < 1.29 is 14.3 Å². The summed E-state index contributed by atoms with van der Waals surface area (Å²) in [6, 6.07) is 15.4. The van der Waals surface area contributed by atoms with Crippen LogP contribution in [0.15, 0.2) is 54.6 Å². The molecule has 0 saturated heterocycles. The molecular weight excluding hydrogens is 409 g/mol. The molecule has 0 unspecified atom stereocenters. The number of hydrogen-bond acceptors (Lipinski definition) is 5. The van der Waals surface area contributed by atoms with Crippen molar-refractivity contribution in [3.8, 4) is 22.5 Å². The first-order valence-corrected chi connectivity index (χ1v) is 10.3. The molecule has 5 rings (SSSR count). The van der Waals surface area contributed by atoms with Crippen LogP contribution >= 0.6 is 0 Å². The molecule has 162 valence electrons. The van der Waals surface area contributed by atoms with Crippen molar-refractivity contribution in [2.24, 2.45) is 5.73 Å². The number of nitrogens with zero attached hydrogens (tertiary/aromatic N) is 3. The van der Waals surface area contributed by atoms with Crippen LogP contribution in [-0.2, 0) is 0 Å². The van der Waals surface area contributed by atoms with Gasteiger partial charge in [-0.05, 0) is 44.0 Å². The van der Waals surface area contributed by atoms with Crippen LogP contribution in [0.1, 0.15) is 36.2 Å². The smallest absolute Gasteiger partial charge is 0.254 e. The molecule has 32 heavy (non-hydrogen) atoms. The molecule has 0 bridgehead atoms. The topological polar surface area (TPSA) is 120 Å². The molecule has 7 nitrogen and oxygen atoms in total. The minimum Gasteiger partial charge on any atom is -0.390 e. The quantitative estimate of drug-likeness (QED) is 0.455. The molecule has 0 aliphatic heterocycles. The molecule has 5 N–H and O–H groups in total. The summed E-state index contributed by atoms with van der Waals surface area (Å²) in [5.41, 5.74) is 13.8. The monoisotopic (exact) mass is 431 g/mol. The Morgan fingerprint density at radius 1 is 1.19 bits per heavy atom. The highest BCUT2D eigenvalue weighted by Gasteiger charge is 2.41. The predicted molar refractivity (Wildman–Crippen MR) is 120 cm³/mol. The van der Waals surface area contributed by atoms with Gasteiger partial charge in [0.1, 0.15) is 22.9 Å². The van der Waals surface area contributed by atoms with Gasteiger partial charge in [0.15, 0.2) is 0 Å². The Balaban J connectivity index is 1.61. The van der Waals surface area contributed by atoms with Crippen molar-refractivity contribution in [1.29, 1.82) is 0 Å². The number of anilines is 1. The van der Waals surface area contributed by atoms with E-state index in [9.17, 15) is 14.3 Å². The van der Waals surface area contributed by atoms with E-state index in [0.29, 0.717) is 40.9 Å². The summed E-state index contributed by atoms with van der Waals surface area (Å²) >= 11 is 0. The van der Waals surface area contributed by atoms with Crippen LogP contribution in [0.5, 0.6) is 0 Å². The summed E-state index contributed by atoms with van der Waals surface area (Å²) in [5.74, 6) is -0.849. The summed E-state index contributed by atoms with van der Waals surface area (Å²) in [4.78, 5) is 16.8. The van der Waals surface area contributed by atoms with Gasteiger partial charge in [0, 0.05) is 16.5 Å². The summed E-state index contributed by atoms with van der Waals surface area (Å²) in [7, 11) is 0. The van der Waals surface area contributed by atoms with Gasteiger partial charge in [0.2, 0.25) is 0 Å². The van der Waals surface area contributed by atoms with Crippen molar-refractivity contribution in [2.45, 2.75) is 31.4 Å². The first-order valence-electron chi connectivity index (χ1n) is 10.3. The highest BCUT2D eigenvalue weighted by Crippen LogP contribution is 2.43. The number of aromatic nitrogens is 3. The van der Waals surface area contributed by atoms with Gasteiger partial charge in [-0.15, -0.1) is 0 Å². The zero-order valence-electron chi connectivity index (χ0n) is 17.4. The number of fused-ring (bicyclic) bond motifs is 1. The Labute approximate surface area is 183 Å². The minimum atomic E-state index is -0.772. The lowest BCUT2D eigenvalue weighted by Gasteiger charge is -2.41. The molecule has 0 spiro atoms. The summed E-state index contributed by atoms with van der Waals surface area (Å²) in [6.07, 6.45) is 0.976. The van der Waals surface area contributed by atoms with Crippen LogP contribution < -0.4 is 11.5 Å². The molecule has 1 saturated carbocycles. The Bertz CT molecular complexity index is 1370. The van der Waals surface area contributed by atoms with Gasteiger partial charge in [0.05, 0.1) is 22.9 Å². The number of amides is 1. The molecule has 1 aliphatic carbocycles. The summed E-state index contributed by atoms with van der Waals surface area (Å²) in [6.45, 7) is 1.75. The summed E-state index contributed by atoms with van der Waals surface area (Å²) in [5, 5.41) is 15.5. The van der Waals surface area contributed by atoms with E-state index in [-0.39, 0.29) is 23.2 Å². The highest BCUT2D eigenvalue weighted by atomic mass is 19.1. The zero-order valence-corrected chi connectivity index (χ0v) is 17.4. The van der Waals surface area contributed by atoms with Gasteiger partial charge < -0.3 is 16.6 Å². The first-order chi connectivity index (χ1) is 15.2. The maximum absolute atomic E-state index is 14.2. The van der Waals surface area contributed by atoms with Crippen LogP contribution in [0.4, 0.5) is 10.2 Å². The van der Waals surface area contributed by atoms with Crippen molar-refractivity contribution in [3.63, 3.8) is 0 Å².